The molecule has 0 atom stereocenters. The van der Waals surface area contributed by atoms with Crippen LogP contribution in [0.25, 0.3) is 0 Å². The van der Waals surface area contributed by atoms with Gasteiger partial charge in [-0.05, 0) is 36.4 Å². The molecule has 9 heteroatoms. The first kappa shape index (κ1) is 12.8. The number of hydrogen-bond acceptors (Lipinski definition) is 7. The van der Waals surface area contributed by atoms with Crippen LogP contribution in [-0.4, -0.2) is 31.5 Å². The summed E-state index contributed by atoms with van der Waals surface area (Å²) in [4.78, 5) is 15.8. The van der Waals surface area contributed by atoms with Crippen molar-refractivity contribution in [3.63, 3.8) is 0 Å². The van der Waals surface area contributed by atoms with Crippen LogP contribution in [-0.2, 0) is 0 Å². The Bertz CT molecular complexity index is 735. The second-order valence-corrected chi connectivity index (χ2v) is 4.03. The average molecular weight is 286 g/mol. The van der Waals surface area contributed by atoms with E-state index in [0.29, 0.717) is 17.2 Å². The molecular formula is C12H10N6O3. The smallest absolute Gasteiger partial charge is 0.361 e. The van der Waals surface area contributed by atoms with Gasteiger partial charge in [0.1, 0.15) is 11.5 Å². The molecule has 3 aromatic rings. The molecule has 2 N–H and O–H groups in total. The van der Waals surface area contributed by atoms with Gasteiger partial charge in [0.2, 0.25) is 0 Å². The van der Waals surface area contributed by atoms with E-state index in [9.17, 15) is 4.79 Å². The molecular weight excluding hydrogens is 276 g/mol. The number of aromatic amines is 1. The highest BCUT2D eigenvalue weighted by molar-refractivity contribution is 6.03. The van der Waals surface area contributed by atoms with Gasteiger partial charge in [-0.3, -0.25) is 4.79 Å². The first-order chi connectivity index (χ1) is 10.2. The molecule has 1 aromatic carbocycles. The van der Waals surface area contributed by atoms with Crippen LogP contribution in [0.4, 0.5) is 5.69 Å². The summed E-state index contributed by atoms with van der Waals surface area (Å²) in [6.45, 7) is 1.67. The van der Waals surface area contributed by atoms with Gasteiger partial charge < -0.3 is 14.5 Å². The van der Waals surface area contributed by atoms with E-state index in [1.807, 2.05) is 0 Å². The van der Waals surface area contributed by atoms with Gasteiger partial charge in [0.05, 0.1) is 0 Å². The minimum Gasteiger partial charge on any atom is -0.448 e. The van der Waals surface area contributed by atoms with Gasteiger partial charge in [-0.1, -0.05) is 10.2 Å². The van der Waals surface area contributed by atoms with Gasteiger partial charge in [-0.15, -0.1) is 0 Å². The highest BCUT2D eigenvalue weighted by Crippen LogP contribution is 2.20. The van der Waals surface area contributed by atoms with E-state index in [1.54, 1.807) is 31.2 Å². The number of rotatable bonds is 4. The molecule has 0 saturated carbocycles. The fourth-order valence-electron chi connectivity index (χ4n) is 1.62. The van der Waals surface area contributed by atoms with Crippen molar-refractivity contribution in [2.24, 2.45) is 0 Å². The van der Waals surface area contributed by atoms with Crippen LogP contribution in [0.3, 0.4) is 0 Å². The first-order valence-corrected chi connectivity index (χ1v) is 5.95. The van der Waals surface area contributed by atoms with Crippen LogP contribution in [0.15, 0.2) is 35.1 Å². The molecule has 2 heterocycles. The van der Waals surface area contributed by atoms with Crippen LogP contribution in [0.5, 0.6) is 11.8 Å². The third kappa shape index (κ3) is 2.86. The Hall–Kier alpha value is -3.23. The summed E-state index contributed by atoms with van der Waals surface area (Å²) < 4.78 is 10.3. The minimum atomic E-state index is -0.340. The van der Waals surface area contributed by atoms with Gasteiger partial charge in [-0.25, -0.2) is 4.98 Å². The second-order valence-electron chi connectivity index (χ2n) is 4.03. The number of carbonyl (C=O) groups excluding carboxylic acids is 1. The van der Waals surface area contributed by atoms with Crippen molar-refractivity contribution in [3.8, 4) is 11.8 Å². The molecule has 0 unspecified atom stereocenters. The van der Waals surface area contributed by atoms with Crippen LogP contribution in [0.2, 0.25) is 0 Å². The SMILES string of the molecule is Cc1ocnc1C(=O)Nc1ccc(Oc2nn[nH]n2)cc1. The fraction of sp³-hybridized carbons (Fsp3) is 0.0833. The van der Waals surface area contributed by atoms with Gasteiger partial charge in [0.15, 0.2) is 12.1 Å². The lowest BCUT2D eigenvalue weighted by Crippen LogP contribution is -2.13. The Morgan fingerprint density at radius 3 is 2.76 bits per heavy atom. The van der Waals surface area contributed by atoms with Crippen molar-refractivity contribution in [1.82, 2.24) is 25.6 Å². The number of aryl methyl sites for hydroxylation is 1. The number of amides is 1. The Morgan fingerprint density at radius 1 is 1.33 bits per heavy atom. The minimum absolute atomic E-state index is 0.116. The number of aromatic nitrogens is 5. The third-order valence-corrected chi connectivity index (χ3v) is 2.61. The Morgan fingerprint density at radius 2 is 2.14 bits per heavy atom. The topological polar surface area (TPSA) is 119 Å². The number of nitrogens with one attached hydrogen (secondary N) is 2. The molecule has 0 aliphatic carbocycles. The molecule has 3 rings (SSSR count). The lowest BCUT2D eigenvalue weighted by molar-refractivity contribution is 0.102. The highest BCUT2D eigenvalue weighted by atomic mass is 16.5. The summed E-state index contributed by atoms with van der Waals surface area (Å²) in [5.74, 6) is 0.643. The van der Waals surface area contributed by atoms with Gasteiger partial charge in [-0.2, -0.15) is 5.21 Å². The number of nitrogens with zero attached hydrogens (tertiary/aromatic N) is 4. The maximum absolute atomic E-state index is 11.9. The van der Waals surface area contributed by atoms with E-state index in [0.717, 1.165) is 0 Å². The monoisotopic (exact) mass is 286 g/mol. The normalized spacial score (nSPS) is 10.3. The fourth-order valence-corrected chi connectivity index (χ4v) is 1.62. The summed E-state index contributed by atoms with van der Waals surface area (Å²) in [6.07, 6.45) is 1.23. The van der Waals surface area contributed by atoms with E-state index in [-0.39, 0.29) is 17.6 Å². The molecule has 21 heavy (non-hydrogen) atoms. The van der Waals surface area contributed by atoms with Crippen LogP contribution >= 0.6 is 0 Å². The summed E-state index contributed by atoms with van der Waals surface area (Å²) >= 11 is 0. The van der Waals surface area contributed by atoms with Crippen molar-refractivity contribution in [1.29, 1.82) is 0 Å². The Labute approximate surface area is 118 Å². The van der Waals surface area contributed by atoms with Crippen LogP contribution in [0, 0.1) is 6.92 Å². The van der Waals surface area contributed by atoms with Gasteiger partial charge >= 0.3 is 6.01 Å². The van der Waals surface area contributed by atoms with Crippen LogP contribution < -0.4 is 10.1 Å². The molecule has 0 aliphatic heterocycles. The number of tetrazole rings is 1. The second kappa shape index (κ2) is 5.41. The average Bonchev–Trinajstić information content (AvgIpc) is 3.12. The van der Waals surface area contributed by atoms with Crippen molar-refractivity contribution in [2.45, 2.75) is 6.92 Å². The standard InChI is InChI=1S/C12H10N6O3/c1-7-10(13-6-20-7)11(19)14-8-2-4-9(5-3-8)21-12-15-17-18-16-12/h2-6H,1H3,(H,14,19)(H,15,16,17,18). The lowest BCUT2D eigenvalue weighted by atomic mass is 10.3. The summed E-state index contributed by atoms with van der Waals surface area (Å²) in [7, 11) is 0. The largest absolute Gasteiger partial charge is 0.448 e. The molecule has 9 nitrogen and oxygen atoms in total. The maximum Gasteiger partial charge on any atom is 0.361 e. The molecule has 0 bridgehead atoms. The number of hydrogen-bond donors (Lipinski definition) is 2. The number of oxazole rings is 1. The molecule has 2 aromatic heterocycles. The quantitative estimate of drug-likeness (QED) is 0.746. The molecule has 0 spiro atoms. The van der Waals surface area contributed by atoms with E-state index in [2.05, 4.69) is 30.9 Å². The number of anilines is 1. The summed E-state index contributed by atoms with van der Waals surface area (Å²) in [5, 5.41) is 15.7. The molecule has 0 radical (unpaired) electrons. The van der Waals surface area contributed by atoms with E-state index in [4.69, 9.17) is 9.15 Å². The maximum atomic E-state index is 11.9. The molecule has 0 aliphatic rings. The zero-order valence-corrected chi connectivity index (χ0v) is 10.9. The summed E-state index contributed by atoms with van der Waals surface area (Å²) in [6, 6.07) is 6.82. The molecule has 0 saturated heterocycles. The zero-order valence-electron chi connectivity index (χ0n) is 10.9. The summed E-state index contributed by atoms with van der Waals surface area (Å²) in [5.41, 5.74) is 0.852. The predicted octanol–water partition coefficient (Wildman–Crippen LogP) is 1.54. The van der Waals surface area contributed by atoms with E-state index >= 15 is 0 Å². The zero-order chi connectivity index (χ0) is 14.7. The van der Waals surface area contributed by atoms with Crippen LogP contribution in [0.1, 0.15) is 16.2 Å². The molecule has 1 amide bonds. The Kier molecular flexibility index (Phi) is 3.29. The molecule has 106 valence electrons. The van der Waals surface area contributed by atoms with Gasteiger partial charge in [0.25, 0.3) is 5.91 Å². The van der Waals surface area contributed by atoms with Crippen molar-refractivity contribution in [2.75, 3.05) is 5.32 Å². The van der Waals surface area contributed by atoms with Crippen molar-refractivity contribution < 1.29 is 13.9 Å². The van der Waals surface area contributed by atoms with E-state index in [1.165, 1.54) is 6.39 Å². The molecule has 0 fully saturated rings. The number of carbonyl (C=O) groups is 1. The van der Waals surface area contributed by atoms with Crippen molar-refractivity contribution >= 4 is 11.6 Å². The first-order valence-electron chi connectivity index (χ1n) is 5.95. The number of ether oxygens (including phenoxy) is 1. The van der Waals surface area contributed by atoms with Gasteiger partial charge in [0, 0.05) is 5.69 Å². The van der Waals surface area contributed by atoms with Crippen molar-refractivity contribution in [3.05, 3.63) is 42.1 Å². The highest BCUT2D eigenvalue weighted by Gasteiger charge is 2.13. The lowest BCUT2D eigenvalue weighted by Gasteiger charge is -2.05. The predicted molar refractivity (Wildman–Crippen MR) is 69.9 cm³/mol. The number of benzene rings is 1. The number of H-pyrrole nitrogens is 1. The van der Waals surface area contributed by atoms with E-state index < -0.39 is 0 Å². The third-order valence-electron chi connectivity index (χ3n) is 2.61. The Balaban J connectivity index is 1.67.